The van der Waals surface area contributed by atoms with Gasteiger partial charge in [0, 0.05) is 139 Å². The van der Waals surface area contributed by atoms with Gasteiger partial charge in [-0.1, -0.05) is 334 Å². The molecule has 28 rings (SSSR count). The molecule has 0 saturated carbocycles. The Kier molecular flexibility index (Phi) is 19.0. The summed E-state index contributed by atoms with van der Waals surface area (Å²) in [5.74, 6) is 1.82. The van der Waals surface area contributed by atoms with Crippen molar-refractivity contribution in [1.29, 1.82) is 0 Å². The molecule has 0 amide bonds. The molecule has 10 aromatic heterocycles. The summed E-state index contributed by atoms with van der Waals surface area (Å²) in [6, 6.07) is 165. The normalized spacial score (nSPS) is 11.7. The van der Waals surface area contributed by atoms with Gasteiger partial charge in [-0.3, -0.25) is 18.3 Å². The maximum absolute atomic E-state index is 5.14. The molecule has 28 aromatic rings. The highest BCUT2D eigenvalue weighted by Crippen LogP contribution is 2.47. The Bertz CT molecular complexity index is 9470. The fourth-order valence-electron chi connectivity index (χ4n) is 20.7. The minimum atomic E-state index is 0.570. The van der Waals surface area contributed by atoms with Crippen LogP contribution in [0.4, 0.5) is 0 Å². The molecule has 12 heteroatoms. The number of rotatable bonds is 12. The van der Waals surface area contributed by atoms with Crippen LogP contribution in [0.15, 0.2) is 486 Å². The molecule has 12 nitrogen and oxygen atoms in total. The summed E-state index contributed by atoms with van der Waals surface area (Å²) in [6.45, 7) is 0. The third kappa shape index (κ3) is 13.2. The highest BCUT2D eigenvalue weighted by Gasteiger charge is 2.26. The molecule has 0 aliphatic rings. The van der Waals surface area contributed by atoms with Gasteiger partial charge in [-0.25, -0.2) is 19.9 Å². The first kappa shape index (κ1) is 78.5. The van der Waals surface area contributed by atoms with Crippen LogP contribution >= 0.6 is 0 Å². The van der Waals surface area contributed by atoms with Gasteiger partial charge in [0.2, 0.25) is 5.95 Å². The smallest absolute Gasteiger partial charge is 0.238 e. The van der Waals surface area contributed by atoms with E-state index in [9.17, 15) is 0 Å². The van der Waals surface area contributed by atoms with Crippen molar-refractivity contribution >= 4 is 142 Å². The third-order valence-electron chi connectivity index (χ3n) is 26.7. The Hall–Kier alpha value is -18.5. The molecule has 636 valence electrons. The van der Waals surface area contributed by atoms with E-state index in [0.717, 1.165) is 133 Å². The molecule has 0 atom stereocenters. The molecule has 0 unspecified atom stereocenters. The van der Waals surface area contributed by atoms with Gasteiger partial charge >= 0.3 is 0 Å². The molecule has 0 saturated heterocycles. The number of fused-ring (bicyclic) bond motifs is 19. The summed E-state index contributed by atoms with van der Waals surface area (Å²) >= 11 is 0. The van der Waals surface area contributed by atoms with Crippen molar-refractivity contribution in [1.82, 2.24) is 57.3 Å². The lowest BCUT2D eigenvalue weighted by Gasteiger charge is -2.11. The quantitative estimate of drug-likeness (QED) is 0.121. The number of nitrogens with zero attached hydrogens (tertiary/aromatic N) is 12. The van der Waals surface area contributed by atoms with Crippen LogP contribution in [0, 0.1) is 0 Å². The Morgan fingerprint density at radius 3 is 0.824 bits per heavy atom. The molecular formula is C124H80N12. The van der Waals surface area contributed by atoms with E-state index in [1.165, 1.54) is 92.8 Å². The molecule has 0 aliphatic heterocycles. The van der Waals surface area contributed by atoms with Gasteiger partial charge in [0.25, 0.3) is 0 Å². The Morgan fingerprint density at radius 2 is 0.434 bits per heavy atom. The van der Waals surface area contributed by atoms with Crippen LogP contribution in [-0.4, -0.2) is 57.3 Å². The zero-order valence-electron chi connectivity index (χ0n) is 73.6. The first-order chi connectivity index (χ1) is 67.5. The Morgan fingerprint density at radius 1 is 0.154 bits per heavy atom. The van der Waals surface area contributed by atoms with Gasteiger partial charge in [-0.15, -0.1) is 0 Å². The summed E-state index contributed by atoms with van der Waals surface area (Å²) in [6.07, 6.45) is 6.08. The molecule has 0 aliphatic carbocycles. The van der Waals surface area contributed by atoms with Gasteiger partial charge in [0.05, 0.1) is 49.7 Å². The summed E-state index contributed by atoms with van der Waals surface area (Å²) in [5, 5.41) is 16.7. The lowest BCUT2D eigenvalue weighted by Crippen LogP contribution is -2.06. The number of pyridine rings is 3. The van der Waals surface area contributed by atoms with E-state index in [0.29, 0.717) is 17.6 Å². The van der Waals surface area contributed by atoms with E-state index in [2.05, 4.69) is 428 Å². The third-order valence-corrected chi connectivity index (χ3v) is 26.7. The minimum absolute atomic E-state index is 0.570. The fourth-order valence-corrected chi connectivity index (χ4v) is 20.7. The number of para-hydroxylation sites is 9. The lowest BCUT2D eigenvalue weighted by molar-refractivity contribution is 0.953. The Labute approximate surface area is 781 Å². The summed E-state index contributed by atoms with van der Waals surface area (Å²) < 4.78 is 13.7. The predicted octanol–water partition coefficient (Wildman–Crippen LogP) is 31.2. The SMILES string of the molecule is c1ccc(-c2ccc(-n3c4ccccc4c4c(-c5cnc6c(c5)c5ccccc5n6-c5ccccc5)cccc43)cc2)cc1.c1ccc(-c2nc(-c3ccccc3)nc(-n3c4ccccc4c4c(-c5cnc6c(c5)c5ccccc5n6-c5ccccc5)cccc43)n2)cc1.c1ccc(-n2c3ccccc3c3cc(-c4cccc5c4c4ccccc4n5-c4ccc5ccccc5c4)cnc32)cc1. The van der Waals surface area contributed by atoms with Crippen LogP contribution in [0.25, 0.3) is 244 Å². The largest absolute Gasteiger partial charge is 0.309 e. The molecule has 0 spiro atoms. The first-order valence-corrected chi connectivity index (χ1v) is 46.0. The standard InChI is InChI=1S/C44H28N6.C41H27N3.C39H25N3/c1-4-15-29(16-5-1)41-46-42(30-17-6-2-7-18-30)48-44(47-41)50-38-25-13-11-22-35(38)40-33(23-14-26-39(40)50)31-27-36-34-21-10-12-24-37(34)49(43(36)45-28-31)32-19-8-3-9-20-32;1-3-12-28(13-4-1)29-22-24-32(25-23-29)43-38-20-10-8-17-35(38)40-33(18-11-21-39(40)43)30-26-36-34-16-7-9-19-37(34)44(41(36)42-27-30)31-14-5-2-6-15-31;1-2-13-29(14-3-1)42-35-18-8-6-15-32(35)34-24-28(25-40-39(34)42)31-17-10-20-37-38(31)33-16-7-9-19-36(33)41(37)30-22-21-26-11-4-5-12-27(26)23-30/h1-28H;1-27H;1-25H. The number of hydrogen-bond donors (Lipinski definition) is 0. The van der Waals surface area contributed by atoms with Crippen LogP contribution in [0.2, 0.25) is 0 Å². The zero-order chi connectivity index (χ0) is 89.7. The van der Waals surface area contributed by atoms with Crippen molar-refractivity contribution in [3.63, 3.8) is 0 Å². The number of aromatic nitrogens is 12. The average Bonchev–Trinajstić information content (AvgIpc) is 1.56. The van der Waals surface area contributed by atoms with Gasteiger partial charge in [-0.05, 0) is 172 Å². The van der Waals surface area contributed by atoms with Crippen LogP contribution in [0.3, 0.4) is 0 Å². The molecule has 0 N–H and O–H groups in total. The van der Waals surface area contributed by atoms with Crippen LogP contribution < -0.4 is 0 Å². The maximum atomic E-state index is 5.14. The van der Waals surface area contributed by atoms with E-state index in [4.69, 9.17) is 29.9 Å². The topological polar surface area (TPSA) is 107 Å². The maximum Gasteiger partial charge on any atom is 0.238 e. The average molecular weight is 1740 g/mol. The van der Waals surface area contributed by atoms with Gasteiger partial charge in [-0.2, -0.15) is 9.97 Å². The highest BCUT2D eigenvalue weighted by molar-refractivity contribution is 6.21. The lowest BCUT2D eigenvalue weighted by atomic mass is 9.99. The highest BCUT2D eigenvalue weighted by atomic mass is 15.2. The van der Waals surface area contributed by atoms with Crippen molar-refractivity contribution in [2.45, 2.75) is 0 Å². The zero-order valence-corrected chi connectivity index (χ0v) is 73.6. The molecule has 0 radical (unpaired) electrons. The number of benzene rings is 18. The molecule has 136 heavy (non-hydrogen) atoms. The van der Waals surface area contributed by atoms with Gasteiger partial charge in [0.1, 0.15) is 16.9 Å². The van der Waals surface area contributed by atoms with Crippen molar-refractivity contribution in [3.05, 3.63) is 486 Å². The predicted molar refractivity (Wildman–Crippen MR) is 562 cm³/mol. The van der Waals surface area contributed by atoms with E-state index in [-0.39, 0.29) is 0 Å². The van der Waals surface area contributed by atoms with Gasteiger partial charge in [0.15, 0.2) is 11.6 Å². The van der Waals surface area contributed by atoms with Crippen molar-refractivity contribution in [2.24, 2.45) is 0 Å². The second-order valence-corrected chi connectivity index (χ2v) is 34.5. The van der Waals surface area contributed by atoms with E-state index < -0.39 is 0 Å². The summed E-state index contributed by atoms with van der Waals surface area (Å²) in [4.78, 5) is 30.5. The molecule has 0 fully saturated rings. The second-order valence-electron chi connectivity index (χ2n) is 34.5. The summed E-state index contributed by atoms with van der Waals surface area (Å²) in [7, 11) is 0. The molecule has 10 heterocycles. The summed E-state index contributed by atoms with van der Waals surface area (Å²) in [5.41, 5.74) is 29.8. The van der Waals surface area contributed by atoms with Crippen molar-refractivity contribution in [2.75, 3.05) is 0 Å². The minimum Gasteiger partial charge on any atom is -0.309 e. The Balaban J connectivity index is 0.000000106. The van der Waals surface area contributed by atoms with Crippen LogP contribution in [0.5, 0.6) is 0 Å². The van der Waals surface area contributed by atoms with Crippen LogP contribution in [0.1, 0.15) is 0 Å². The fraction of sp³-hybridized carbons (Fsp3) is 0. The molecule has 0 bridgehead atoms. The van der Waals surface area contributed by atoms with Crippen molar-refractivity contribution < 1.29 is 0 Å². The van der Waals surface area contributed by atoms with E-state index in [1.54, 1.807) is 0 Å². The van der Waals surface area contributed by atoms with E-state index in [1.807, 2.05) is 85.3 Å². The first-order valence-electron chi connectivity index (χ1n) is 46.0. The van der Waals surface area contributed by atoms with Crippen LogP contribution in [-0.2, 0) is 0 Å². The molecular weight excluding hydrogens is 1660 g/mol. The number of hydrogen-bond acceptors (Lipinski definition) is 6. The monoisotopic (exact) mass is 1740 g/mol. The van der Waals surface area contributed by atoms with Crippen molar-refractivity contribution in [3.8, 4) is 102 Å². The van der Waals surface area contributed by atoms with E-state index >= 15 is 0 Å². The molecule has 18 aromatic carbocycles. The van der Waals surface area contributed by atoms with Gasteiger partial charge < -0.3 is 9.13 Å². The second kappa shape index (κ2) is 32.8.